The Kier molecular flexibility index (Phi) is 7.67. The van der Waals surface area contributed by atoms with Crippen LogP contribution >= 0.6 is 11.3 Å². The lowest BCUT2D eigenvalue weighted by atomic mass is 9.82. The fraction of sp³-hybridized carbons (Fsp3) is 0.130. The number of allylic oxidation sites excluding steroid dienone is 2. The number of aliphatic carboxylic acids is 1. The molecule has 8 rings (SSSR count). The second-order valence-corrected chi connectivity index (χ2v) is 15.4. The van der Waals surface area contributed by atoms with Gasteiger partial charge in [-0.05, 0) is 111 Å². The highest BCUT2D eigenvalue weighted by Gasteiger charge is 2.37. The van der Waals surface area contributed by atoms with E-state index in [4.69, 9.17) is 10.4 Å². The van der Waals surface area contributed by atoms with E-state index in [1.165, 1.54) is 50.6 Å². The van der Waals surface area contributed by atoms with E-state index in [1.54, 1.807) is 23.5 Å². The first-order chi connectivity index (χ1) is 24.6. The quantitative estimate of drug-likeness (QED) is 0.104. The first kappa shape index (κ1) is 32.3. The minimum absolute atomic E-state index is 0.121. The molecular weight excluding hydrogens is 645 g/mol. The molecule has 5 aromatic carbocycles. The maximum absolute atomic E-state index is 11.1. The average molecular weight is 681 g/mol. The third-order valence-electron chi connectivity index (χ3n) is 10.6. The Balaban J connectivity index is 1.20. The van der Waals surface area contributed by atoms with Gasteiger partial charge in [0.15, 0.2) is 0 Å². The number of thiophene rings is 1. The van der Waals surface area contributed by atoms with Crippen molar-refractivity contribution in [2.75, 3.05) is 4.90 Å². The van der Waals surface area contributed by atoms with Crippen molar-refractivity contribution in [2.45, 2.75) is 38.5 Å². The summed E-state index contributed by atoms with van der Waals surface area (Å²) in [5.74, 6) is -1.23. The van der Waals surface area contributed by atoms with Crippen molar-refractivity contribution in [1.29, 1.82) is 5.26 Å². The Morgan fingerprint density at radius 3 is 1.71 bits per heavy atom. The van der Waals surface area contributed by atoms with E-state index in [2.05, 4.69) is 148 Å². The molecule has 0 saturated carbocycles. The zero-order chi connectivity index (χ0) is 35.5. The molecule has 5 heteroatoms. The standard InChI is InChI=1S/C46H36N2O2S/c1-45(2)39-14-7-5-12-35(39)37-23-20-32(26-41(37)45)48(33-21-24-38-36-13-6-8-15-40(36)46(3,4)42(38)27-33)31-18-16-29(17-19-31)43-25-22-34(51-43)11-9-10-30(28-47)44(49)50/h5-27H,1-4H3,(H,49,50)/b11-9+,30-10+. The van der Waals surface area contributed by atoms with Crippen molar-refractivity contribution in [3.8, 4) is 38.8 Å². The van der Waals surface area contributed by atoms with Gasteiger partial charge in [-0.25, -0.2) is 4.79 Å². The molecule has 0 amide bonds. The number of hydrogen-bond donors (Lipinski definition) is 1. The third-order valence-corrected chi connectivity index (χ3v) is 11.7. The summed E-state index contributed by atoms with van der Waals surface area (Å²) in [5, 5.41) is 18.1. The van der Waals surface area contributed by atoms with E-state index in [-0.39, 0.29) is 16.4 Å². The van der Waals surface area contributed by atoms with Gasteiger partial charge >= 0.3 is 5.97 Å². The van der Waals surface area contributed by atoms with Gasteiger partial charge in [0.25, 0.3) is 0 Å². The molecule has 1 heterocycles. The Bertz CT molecular complexity index is 2370. The molecule has 0 fully saturated rings. The number of nitriles is 1. The normalized spacial score (nSPS) is 14.8. The number of carboxylic acids is 1. The predicted molar refractivity (Wildman–Crippen MR) is 210 cm³/mol. The summed E-state index contributed by atoms with van der Waals surface area (Å²) in [4.78, 5) is 15.6. The van der Waals surface area contributed by atoms with Gasteiger partial charge in [0.2, 0.25) is 0 Å². The third kappa shape index (κ3) is 5.31. The van der Waals surface area contributed by atoms with Crippen molar-refractivity contribution in [2.24, 2.45) is 0 Å². The second-order valence-electron chi connectivity index (χ2n) is 14.2. The van der Waals surface area contributed by atoms with Crippen LogP contribution in [-0.4, -0.2) is 11.1 Å². The second kappa shape index (κ2) is 12.1. The first-order valence-electron chi connectivity index (χ1n) is 17.1. The summed E-state index contributed by atoms with van der Waals surface area (Å²) in [6.07, 6.45) is 4.75. The highest BCUT2D eigenvalue weighted by Crippen LogP contribution is 2.53. The van der Waals surface area contributed by atoms with Gasteiger partial charge in [-0.3, -0.25) is 0 Å². The lowest BCUT2D eigenvalue weighted by Gasteiger charge is -2.30. The molecule has 248 valence electrons. The number of fused-ring (bicyclic) bond motifs is 6. The van der Waals surface area contributed by atoms with Crippen LogP contribution in [0.25, 0.3) is 38.8 Å². The van der Waals surface area contributed by atoms with Crippen molar-refractivity contribution in [3.05, 3.63) is 166 Å². The summed E-state index contributed by atoms with van der Waals surface area (Å²) in [6.45, 7) is 9.30. The molecular formula is C46H36N2O2S. The summed E-state index contributed by atoms with van der Waals surface area (Å²) < 4.78 is 0. The Morgan fingerprint density at radius 1 is 0.667 bits per heavy atom. The monoisotopic (exact) mass is 680 g/mol. The molecule has 6 aromatic rings. The predicted octanol–water partition coefficient (Wildman–Crippen LogP) is 12.0. The average Bonchev–Trinajstić information content (AvgIpc) is 3.77. The molecule has 51 heavy (non-hydrogen) atoms. The SMILES string of the molecule is CC1(C)c2ccccc2-c2ccc(N(c3ccc(-c4ccc(/C=C/C=C(\C#N)C(=O)O)s4)cc3)c3ccc4c(c3)C(C)(C)c3ccccc3-4)cc21. The van der Waals surface area contributed by atoms with Crippen molar-refractivity contribution >= 4 is 40.4 Å². The first-order valence-corrected chi connectivity index (χ1v) is 17.9. The molecule has 0 unspecified atom stereocenters. The van der Waals surface area contributed by atoms with Crippen LogP contribution in [0.15, 0.2) is 139 Å². The molecule has 0 radical (unpaired) electrons. The number of rotatable bonds is 7. The maximum Gasteiger partial charge on any atom is 0.346 e. The maximum atomic E-state index is 11.1. The molecule has 0 aliphatic heterocycles. The summed E-state index contributed by atoms with van der Waals surface area (Å²) in [5.41, 5.74) is 14.5. The number of anilines is 3. The Labute approximate surface area is 302 Å². The van der Waals surface area contributed by atoms with Crippen molar-refractivity contribution < 1.29 is 9.90 Å². The van der Waals surface area contributed by atoms with E-state index in [0.717, 1.165) is 32.4 Å². The number of hydrogen-bond acceptors (Lipinski definition) is 4. The highest BCUT2D eigenvalue weighted by molar-refractivity contribution is 7.16. The van der Waals surface area contributed by atoms with Crippen LogP contribution < -0.4 is 4.90 Å². The van der Waals surface area contributed by atoms with Gasteiger partial charge in [0, 0.05) is 37.6 Å². The molecule has 2 aliphatic rings. The van der Waals surface area contributed by atoms with Gasteiger partial charge < -0.3 is 10.0 Å². The van der Waals surface area contributed by atoms with Crippen LogP contribution in [0.1, 0.15) is 54.8 Å². The minimum Gasteiger partial charge on any atom is -0.477 e. The van der Waals surface area contributed by atoms with Gasteiger partial charge in [-0.1, -0.05) is 107 Å². The van der Waals surface area contributed by atoms with Crippen LogP contribution in [-0.2, 0) is 15.6 Å². The van der Waals surface area contributed by atoms with E-state index in [1.807, 2.05) is 12.1 Å². The smallest absolute Gasteiger partial charge is 0.346 e. The minimum atomic E-state index is -1.23. The van der Waals surface area contributed by atoms with E-state index in [0.29, 0.717) is 0 Å². The highest BCUT2D eigenvalue weighted by atomic mass is 32.1. The molecule has 2 aliphatic carbocycles. The van der Waals surface area contributed by atoms with Crippen LogP contribution in [0, 0.1) is 11.3 Å². The summed E-state index contributed by atoms with van der Waals surface area (Å²) in [6, 6.07) is 45.9. The van der Waals surface area contributed by atoms with Gasteiger partial charge in [-0.15, -0.1) is 11.3 Å². The molecule has 0 spiro atoms. The van der Waals surface area contributed by atoms with E-state index < -0.39 is 5.97 Å². The summed E-state index contributed by atoms with van der Waals surface area (Å²) in [7, 11) is 0. The molecule has 0 bridgehead atoms. The van der Waals surface area contributed by atoms with Crippen LogP contribution in [0.3, 0.4) is 0 Å². The Hall–Kier alpha value is -5.96. The molecule has 4 nitrogen and oxygen atoms in total. The fourth-order valence-corrected chi connectivity index (χ4v) is 8.80. The molecule has 0 atom stereocenters. The summed E-state index contributed by atoms with van der Waals surface area (Å²) >= 11 is 1.62. The van der Waals surface area contributed by atoms with Crippen LogP contribution in [0.5, 0.6) is 0 Å². The molecule has 0 saturated heterocycles. The number of carboxylic acid groups (broad SMARTS) is 1. The van der Waals surface area contributed by atoms with Gasteiger partial charge in [0.1, 0.15) is 11.6 Å². The molecule has 1 aromatic heterocycles. The lowest BCUT2D eigenvalue weighted by molar-refractivity contribution is -0.132. The van der Waals surface area contributed by atoms with E-state index >= 15 is 0 Å². The fourth-order valence-electron chi connectivity index (χ4n) is 7.88. The van der Waals surface area contributed by atoms with E-state index in [9.17, 15) is 4.79 Å². The van der Waals surface area contributed by atoms with Gasteiger partial charge in [-0.2, -0.15) is 5.26 Å². The zero-order valence-electron chi connectivity index (χ0n) is 28.9. The van der Waals surface area contributed by atoms with Crippen LogP contribution in [0.2, 0.25) is 0 Å². The topological polar surface area (TPSA) is 64.3 Å². The largest absolute Gasteiger partial charge is 0.477 e. The number of benzene rings is 5. The lowest BCUT2D eigenvalue weighted by Crippen LogP contribution is -2.18. The van der Waals surface area contributed by atoms with Crippen molar-refractivity contribution in [3.63, 3.8) is 0 Å². The van der Waals surface area contributed by atoms with Gasteiger partial charge in [0.05, 0.1) is 0 Å². The number of nitrogens with zero attached hydrogens (tertiary/aromatic N) is 2. The van der Waals surface area contributed by atoms with Crippen LogP contribution in [0.4, 0.5) is 17.1 Å². The zero-order valence-corrected chi connectivity index (χ0v) is 29.8. The molecule has 1 N–H and O–H groups in total. The Morgan fingerprint density at radius 2 is 1.18 bits per heavy atom. The van der Waals surface area contributed by atoms with Crippen molar-refractivity contribution in [1.82, 2.24) is 0 Å². The number of carbonyl (C=O) groups is 1.